The summed E-state index contributed by atoms with van der Waals surface area (Å²) in [6.45, 7) is 2.32. The molecule has 4 nitrogen and oxygen atoms in total. The zero-order chi connectivity index (χ0) is 11.0. The van der Waals surface area contributed by atoms with Gasteiger partial charge in [-0.2, -0.15) is 16.9 Å². The van der Waals surface area contributed by atoms with E-state index in [0.29, 0.717) is 12.6 Å². The van der Waals surface area contributed by atoms with Crippen molar-refractivity contribution in [2.75, 3.05) is 13.2 Å². The van der Waals surface area contributed by atoms with Crippen molar-refractivity contribution in [3.63, 3.8) is 0 Å². The van der Waals surface area contributed by atoms with Gasteiger partial charge in [0.15, 0.2) is 0 Å². The smallest absolute Gasteiger partial charge is 0.0767 e. The van der Waals surface area contributed by atoms with E-state index in [1.807, 2.05) is 11.8 Å². The summed E-state index contributed by atoms with van der Waals surface area (Å²) in [5.74, 6) is 2.14. The number of hydrogen-bond acceptors (Lipinski definition) is 4. The van der Waals surface area contributed by atoms with E-state index in [1.165, 1.54) is 17.0 Å². The van der Waals surface area contributed by atoms with Crippen molar-refractivity contribution in [3.05, 3.63) is 17.0 Å². The third-order valence-corrected chi connectivity index (χ3v) is 4.39. The summed E-state index contributed by atoms with van der Waals surface area (Å²) in [6, 6.07) is 0.503. The predicted molar refractivity (Wildman–Crippen MR) is 64.2 cm³/mol. The Hall–Kier alpha value is -0.520. The molecule has 1 aromatic rings. The molecule has 0 spiro atoms. The molecule has 0 aromatic carbocycles. The fraction of sp³-hybridized carbons (Fsp3) is 0.727. The van der Waals surface area contributed by atoms with Crippen LogP contribution in [-0.4, -0.2) is 23.0 Å². The van der Waals surface area contributed by atoms with Crippen molar-refractivity contribution in [1.29, 1.82) is 0 Å². The number of fused-ring (bicyclic) bond motifs is 1. The van der Waals surface area contributed by atoms with E-state index in [4.69, 9.17) is 15.6 Å². The molecule has 1 saturated heterocycles. The van der Waals surface area contributed by atoms with Crippen LogP contribution < -0.4 is 5.73 Å². The molecular weight excluding hydrogens is 222 g/mol. The van der Waals surface area contributed by atoms with Crippen LogP contribution in [0, 0.1) is 0 Å². The van der Waals surface area contributed by atoms with Crippen LogP contribution in [0.3, 0.4) is 0 Å². The molecule has 0 bridgehead atoms. The van der Waals surface area contributed by atoms with Crippen molar-refractivity contribution in [2.45, 2.75) is 36.9 Å². The fourth-order valence-electron chi connectivity index (χ4n) is 2.54. The molecule has 0 radical (unpaired) electrons. The number of hydrogen-bond donors (Lipinski definition) is 1. The van der Waals surface area contributed by atoms with Gasteiger partial charge in [-0.05, 0) is 12.8 Å². The molecule has 2 aliphatic heterocycles. The van der Waals surface area contributed by atoms with Gasteiger partial charge in [-0.25, -0.2) is 0 Å². The van der Waals surface area contributed by atoms with Gasteiger partial charge in [0.1, 0.15) is 0 Å². The second-order valence-electron chi connectivity index (χ2n) is 4.36. The highest BCUT2D eigenvalue weighted by molar-refractivity contribution is 7.98. The molecule has 3 rings (SSSR count). The summed E-state index contributed by atoms with van der Waals surface area (Å²) < 4.78 is 7.58. The number of aromatic nitrogens is 2. The van der Waals surface area contributed by atoms with Gasteiger partial charge in [0.25, 0.3) is 0 Å². The summed E-state index contributed by atoms with van der Waals surface area (Å²) in [4.78, 5) is 0. The molecule has 16 heavy (non-hydrogen) atoms. The van der Waals surface area contributed by atoms with Crippen LogP contribution in [0.5, 0.6) is 0 Å². The van der Waals surface area contributed by atoms with E-state index in [9.17, 15) is 0 Å². The van der Waals surface area contributed by atoms with Crippen molar-refractivity contribution >= 4 is 11.8 Å². The van der Waals surface area contributed by atoms with Gasteiger partial charge in [-0.1, -0.05) is 0 Å². The first-order valence-corrected chi connectivity index (χ1v) is 7.00. The zero-order valence-corrected chi connectivity index (χ0v) is 10.1. The Kier molecular flexibility index (Phi) is 2.91. The van der Waals surface area contributed by atoms with E-state index in [-0.39, 0.29) is 0 Å². The molecule has 2 N–H and O–H groups in total. The first kappa shape index (κ1) is 10.6. The maximum absolute atomic E-state index is 5.87. The lowest BCUT2D eigenvalue weighted by Gasteiger charge is -2.24. The number of thioether (sulfide) groups is 1. The van der Waals surface area contributed by atoms with Gasteiger partial charge < -0.3 is 10.5 Å². The lowest BCUT2D eigenvalue weighted by atomic mass is 10.1. The summed E-state index contributed by atoms with van der Waals surface area (Å²) >= 11 is 1.94. The largest absolute Gasteiger partial charge is 0.381 e. The Morgan fingerprint density at radius 1 is 1.38 bits per heavy atom. The number of nitrogens with two attached hydrogens (primary N) is 1. The van der Waals surface area contributed by atoms with Crippen molar-refractivity contribution < 1.29 is 4.74 Å². The van der Waals surface area contributed by atoms with E-state index >= 15 is 0 Å². The van der Waals surface area contributed by atoms with Gasteiger partial charge in [0.05, 0.1) is 17.4 Å². The molecule has 0 unspecified atom stereocenters. The molecule has 5 heteroatoms. The van der Waals surface area contributed by atoms with Gasteiger partial charge in [0.2, 0.25) is 0 Å². The van der Waals surface area contributed by atoms with Gasteiger partial charge in [-0.15, -0.1) is 0 Å². The topological polar surface area (TPSA) is 53.1 Å². The SMILES string of the molecule is NCc1c2c(nn1C1CCOCC1)CSC2. The fourth-order valence-corrected chi connectivity index (χ4v) is 3.60. The Balaban J connectivity index is 1.93. The summed E-state index contributed by atoms with van der Waals surface area (Å²) in [6.07, 6.45) is 2.14. The maximum atomic E-state index is 5.87. The van der Waals surface area contributed by atoms with Crippen LogP contribution >= 0.6 is 11.8 Å². The van der Waals surface area contributed by atoms with Crippen LogP contribution in [0.15, 0.2) is 0 Å². The average molecular weight is 239 g/mol. The molecule has 0 amide bonds. The van der Waals surface area contributed by atoms with Gasteiger partial charge in [0, 0.05) is 36.8 Å². The maximum Gasteiger partial charge on any atom is 0.0767 e. The highest BCUT2D eigenvalue weighted by atomic mass is 32.2. The predicted octanol–water partition coefficient (Wildman–Crippen LogP) is 1.44. The molecule has 88 valence electrons. The summed E-state index contributed by atoms with van der Waals surface area (Å²) in [5, 5.41) is 4.75. The first-order chi connectivity index (χ1) is 7.90. The average Bonchev–Trinajstić information content (AvgIpc) is 2.89. The quantitative estimate of drug-likeness (QED) is 0.848. The summed E-state index contributed by atoms with van der Waals surface area (Å²) in [7, 11) is 0. The second-order valence-corrected chi connectivity index (χ2v) is 5.34. The molecular formula is C11H17N3OS. The van der Waals surface area contributed by atoms with Crippen molar-refractivity contribution in [1.82, 2.24) is 9.78 Å². The Morgan fingerprint density at radius 3 is 2.94 bits per heavy atom. The molecule has 2 aliphatic rings. The Morgan fingerprint density at radius 2 is 2.19 bits per heavy atom. The van der Waals surface area contributed by atoms with E-state index in [2.05, 4.69) is 4.68 Å². The normalized spacial score (nSPS) is 21.3. The minimum absolute atomic E-state index is 0.503. The summed E-state index contributed by atoms with van der Waals surface area (Å²) in [5.41, 5.74) is 9.79. The highest BCUT2D eigenvalue weighted by Gasteiger charge is 2.26. The molecule has 1 fully saturated rings. The molecule has 0 atom stereocenters. The molecule has 0 aliphatic carbocycles. The van der Waals surface area contributed by atoms with Crippen LogP contribution in [-0.2, 0) is 22.8 Å². The van der Waals surface area contributed by atoms with Crippen LogP contribution in [0.25, 0.3) is 0 Å². The van der Waals surface area contributed by atoms with Crippen molar-refractivity contribution in [2.24, 2.45) is 5.73 Å². The minimum atomic E-state index is 0.503. The van der Waals surface area contributed by atoms with E-state index in [1.54, 1.807) is 0 Å². The van der Waals surface area contributed by atoms with Gasteiger partial charge in [-0.3, -0.25) is 4.68 Å². The first-order valence-electron chi connectivity index (χ1n) is 5.85. The molecule has 1 aromatic heterocycles. The second kappa shape index (κ2) is 4.39. The van der Waals surface area contributed by atoms with Crippen LogP contribution in [0.1, 0.15) is 35.8 Å². The zero-order valence-electron chi connectivity index (χ0n) is 9.32. The number of ether oxygens (including phenoxy) is 1. The Labute approximate surface area is 99.5 Å². The minimum Gasteiger partial charge on any atom is -0.381 e. The number of nitrogens with zero attached hydrogens (tertiary/aromatic N) is 2. The van der Waals surface area contributed by atoms with Crippen LogP contribution in [0.4, 0.5) is 0 Å². The molecule has 0 saturated carbocycles. The number of rotatable bonds is 2. The highest BCUT2D eigenvalue weighted by Crippen LogP contribution is 2.34. The van der Waals surface area contributed by atoms with E-state index < -0.39 is 0 Å². The van der Waals surface area contributed by atoms with Crippen LogP contribution in [0.2, 0.25) is 0 Å². The lowest BCUT2D eigenvalue weighted by molar-refractivity contribution is 0.0653. The third-order valence-electron chi connectivity index (χ3n) is 3.42. The van der Waals surface area contributed by atoms with E-state index in [0.717, 1.165) is 37.6 Å². The Bertz CT molecular complexity index is 385. The monoisotopic (exact) mass is 239 g/mol. The third kappa shape index (κ3) is 1.67. The lowest BCUT2D eigenvalue weighted by Crippen LogP contribution is -2.23. The molecule has 3 heterocycles. The standard InChI is InChI=1S/C11H17N3OS/c12-5-11-9-6-16-7-10(9)13-14(11)8-1-3-15-4-2-8/h8H,1-7,12H2. The van der Waals surface area contributed by atoms with Crippen molar-refractivity contribution in [3.8, 4) is 0 Å². The van der Waals surface area contributed by atoms with Gasteiger partial charge >= 0.3 is 0 Å².